The number of hydrogen-bond acceptors (Lipinski definition) is 1. The lowest BCUT2D eigenvalue weighted by Gasteiger charge is -2.66. The maximum Gasteiger partial charge on any atom is 0.0644 e. The van der Waals surface area contributed by atoms with E-state index in [1.165, 1.54) is 31.3 Å². The minimum Gasteiger partial charge on any atom is -0.392 e. The number of hydrogen-bond donors (Lipinski definition) is 1. The van der Waals surface area contributed by atoms with Gasteiger partial charge in [0, 0.05) is 0 Å². The molecule has 2 saturated carbocycles. The number of fused-ring (bicyclic) bond motifs is 1. The van der Waals surface area contributed by atoms with Crippen LogP contribution in [0.3, 0.4) is 0 Å². The Kier molecular flexibility index (Phi) is 2.12. The molecular weight excluding hydrogens is 196 g/mol. The monoisotopic (exact) mass is 220 g/mol. The van der Waals surface area contributed by atoms with Crippen LogP contribution in [-0.2, 0) is 0 Å². The lowest BCUT2D eigenvalue weighted by molar-refractivity contribution is -0.141. The summed E-state index contributed by atoms with van der Waals surface area (Å²) in [7, 11) is 0. The van der Waals surface area contributed by atoms with E-state index in [2.05, 4.69) is 26.8 Å². The fourth-order valence-corrected chi connectivity index (χ4v) is 5.23. The third kappa shape index (κ3) is 1.11. The average Bonchev–Trinajstić information content (AvgIpc) is 2.43. The molecule has 0 saturated heterocycles. The second-order valence-corrected chi connectivity index (χ2v) is 7.13. The molecule has 3 rings (SSSR count). The van der Waals surface area contributed by atoms with Crippen molar-refractivity contribution in [1.82, 2.24) is 0 Å². The zero-order valence-electron chi connectivity index (χ0n) is 10.8. The van der Waals surface area contributed by atoms with Gasteiger partial charge in [0.25, 0.3) is 0 Å². The van der Waals surface area contributed by atoms with Crippen LogP contribution in [0.4, 0.5) is 0 Å². The minimum atomic E-state index is 0.291. The molecule has 0 aromatic rings. The first kappa shape index (κ1) is 10.8. The van der Waals surface area contributed by atoms with E-state index < -0.39 is 0 Å². The van der Waals surface area contributed by atoms with E-state index in [0.717, 1.165) is 11.8 Å². The number of aliphatic hydroxyl groups is 1. The second-order valence-electron chi connectivity index (χ2n) is 7.13. The van der Waals surface area contributed by atoms with Crippen LogP contribution in [0.15, 0.2) is 11.6 Å². The lowest BCUT2D eigenvalue weighted by Crippen LogP contribution is -2.60. The molecule has 0 heterocycles. The Morgan fingerprint density at radius 1 is 1.31 bits per heavy atom. The topological polar surface area (TPSA) is 20.2 Å². The van der Waals surface area contributed by atoms with Gasteiger partial charge < -0.3 is 5.11 Å². The quantitative estimate of drug-likeness (QED) is 0.672. The Labute approximate surface area is 98.9 Å². The van der Waals surface area contributed by atoms with Crippen LogP contribution in [0, 0.1) is 28.6 Å². The summed E-state index contributed by atoms with van der Waals surface area (Å²) in [5.74, 6) is 2.42. The van der Waals surface area contributed by atoms with Crippen LogP contribution < -0.4 is 0 Å². The molecule has 16 heavy (non-hydrogen) atoms. The van der Waals surface area contributed by atoms with E-state index in [9.17, 15) is 5.11 Å². The maximum atomic E-state index is 9.55. The summed E-state index contributed by atoms with van der Waals surface area (Å²) in [6, 6.07) is 0. The van der Waals surface area contributed by atoms with E-state index in [0.29, 0.717) is 23.4 Å². The molecule has 1 nitrogen and oxygen atoms in total. The largest absolute Gasteiger partial charge is 0.392 e. The summed E-state index contributed by atoms with van der Waals surface area (Å²) >= 11 is 0. The molecular formula is C15H24O. The Morgan fingerprint density at radius 3 is 2.75 bits per heavy atom. The highest BCUT2D eigenvalue weighted by Crippen LogP contribution is 2.72. The fraction of sp³-hybridized carbons (Fsp3) is 0.867. The van der Waals surface area contributed by atoms with Gasteiger partial charge in [0.2, 0.25) is 0 Å². The lowest BCUT2D eigenvalue weighted by atomic mass is 9.38. The Bertz CT molecular complexity index is 341. The van der Waals surface area contributed by atoms with E-state index in [-0.39, 0.29) is 0 Å². The molecule has 1 heteroatoms. The van der Waals surface area contributed by atoms with Crippen molar-refractivity contribution in [1.29, 1.82) is 0 Å². The van der Waals surface area contributed by atoms with Gasteiger partial charge in [0.05, 0.1) is 6.61 Å². The van der Waals surface area contributed by atoms with Crippen molar-refractivity contribution in [3.05, 3.63) is 11.6 Å². The summed E-state index contributed by atoms with van der Waals surface area (Å²) in [4.78, 5) is 0. The highest BCUT2D eigenvalue weighted by Gasteiger charge is 2.65. The highest BCUT2D eigenvalue weighted by molar-refractivity contribution is 5.29. The smallest absolute Gasteiger partial charge is 0.0644 e. The third-order valence-corrected chi connectivity index (χ3v) is 6.01. The van der Waals surface area contributed by atoms with Crippen molar-refractivity contribution >= 4 is 0 Å². The summed E-state index contributed by atoms with van der Waals surface area (Å²) in [5.41, 5.74) is 2.36. The Morgan fingerprint density at radius 2 is 2.06 bits per heavy atom. The van der Waals surface area contributed by atoms with E-state index >= 15 is 0 Å². The minimum absolute atomic E-state index is 0.291. The molecule has 0 aromatic heterocycles. The van der Waals surface area contributed by atoms with Crippen molar-refractivity contribution in [3.8, 4) is 0 Å². The second kappa shape index (κ2) is 3.13. The van der Waals surface area contributed by atoms with Gasteiger partial charge in [-0.2, -0.15) is 0 Å². The summed E-state index contributed by atoms with van der Waals surface area (Å²) < 4.78 is 0. The predicted octanol–water partition coefficient (Wildman–Crippen LogP) is 3.39. The first-order chi connectivity index (χ1) is 7.50. The molecule has 0 amide bonds. The molecule has 90 valence electrons. The van der Waals surface area contributed by atoms with E-state index in [1.807, 2.05) is 0 Å². The molecule has 3 aliphatic rings. The third-order valence-electron chi connectivity index (χ3n) is 6.01. The molecule has 0 spiro atoms. The van der Waals surface area contributed by atoms with Crippen LogP contribution in [0.1, 0.15) is 46.5 Å². The first-order valence-electron chi connectivity index (χ1n) is 6.80. The predicted molar refractivity (Wildman–Crippen MR) is 66.0 cm³/mol. The van der Waals surface area contributed by atoms with Crippen molar-refractivity contribution < 1.29 is 5.11 Å². The fourth-order valence-electron chi connectivity index (χ4n) is 5.23. The average molecular weight is 220 g/mol. The van der Waals surface area contributed by atoms with Gasteiger partial charge in [-0.3, -0.25) is 0 Å². The van der Waals surface area contributed by atoms with E-state index in [1.54, 1.807) is 0 Å². The number of allylic oxidation sites excluding steroid dienone is 1. The molecule has 4 atom stereocenters. The molecule has 1 N–H and O–H groups in total. The molecule has 0 aromatic carbocycles. The summed E-state index contributed by atoms with van der Waals surface area (Å²) in [5, 5.41) is 9.55. The zero-order chi connectivity index (χ0) is 11.6. The molecule has 0 radical (unpaired) electrons. The van der Waals surface area contributed by atoms with Crippen LogP contribution in [0.5, 0.6) is 0 Å². The van der Waals surface area contributed by atoms with Crippen molar-refractivity contribution in [3.63, 3.8) is 0 Å². The van der Waals surface area contributed by atoms with Crippen molar-refractivity contribution in [2.75, 3.05) is 6.61 Å². The van der Waals surface area contributed by atoms with Crippen molar-refractivity contribution in [2.45, 2.75) is 46.5 Å². The molecule has 0 aliphatic heterocycles. The van der Waals surface area contributed by atoms with Crippen molar-refractivity contribution in [2.24, 2.45) is 28.6 Å². The SMILES string of the molecule is CC1(C)CCC[C@]2(C)C3C(CO)=CC[C@@H]2[C@H]31. The first-order valence-corrected chi connectivity index (χ1v) is 6.80. The van der Waals surface area contributed by atoms with Crippen LogP contribution >= 0.6 is 0 Å². The Balaban J connectivity index is 2.03. The Hall–Kier alpha value is -0.300. The highest BCUT2D eigenvalue weighted by atomic mass is 16.3. The number of rotatable bonds is 1. The van der Waals surface area contributed by atoms with Gasteiger partial charge in [-0.05, 0) is 53.4 Å². The molecule has 2 fully saturated rings. The molecule has 1 unspecified atom stereocenters. The van der Waals surface area contributed by atoms with Gasteiger partial charge in [0.15, 0.2) is 0 Å². The van der Waals surface area contributed by atoms with Gasteiger partial charge in [-0.25, -0.2) is 0 Å². The summed E-state index contributed by atoms with van der Waals surface area (Å²) in [6.45, 7) is 7.66. The molecule has 3 aliphatic carbocycles. The summed E-state index contributed by atoms with van der Waals surface area (Å²) in [6.07, 6.45) is 7.68. The van der Waals surface area contributed by atoms with Gasteiger partial charge in [-0.15, -0.1) is 0 Å². The standard InChI is InChI=1S/C15H24O/c1-14(2)7-4-8-15(3)11-6-5-10(9-16)12(15)13(11)14/h5,11-13,16H,4,6-9H2,1-3H3/t11-,12?,13-,15+/m1/s1. The zero-order valence-corrected chi connectivity index (χ0v) is 10.8. The van der Waals surface area contributed by atoms with Gasteiger partial charge >= 0.3 is 0 Å². The van der Waals surface area contributed by atoms with Crippen LogP contribution in [0.2, 0.25) is 0 Å². The number of aliphatic hydroxyl groups excluding tert-OH is 1. The normalized spacial score (nSPS) is 49.0. The van der Waals surface area contributed by atoms with Gasteiger partial charge in [-0.1, -0.05) is 33.3 Å². The maximum absolute atomic E-state index is 9.55. The van der Waals surface area contributed by atoms with E-state index in [4.69, 9.17) is 0 Å². The van der Waals surface area contributed by atoms with Crippen LogP contribution in [-0.4, -0.2) is 11.7 Å². The molecule has 4 bridgehead atoms. The van der Waals surface area contributed by atoms with Crippen LogP contribution in [0.25, 0.3) is 0 Å². The van der Waals surface area contributed by atoms with Gasteiger partial charge in [0.1, 0.15) is 0 Å².